The number of aryl methyl sites for hydroxylation is 1. The second-order valence-electron chi connectivity index (χ2n) is 7.42. The number of hydrogen-bond donors (Lipinski definition) is 0. The van der Waals surface area contributed by atoms with E-state index in [-0.39, 0.29) is 11.8 Å². The quantitative estimate of drug-likeness (QED) is 0.763. The van der Waals surface area contributed by atoms with Crippen LogP contribution in [0.4, 0.5) is 11.8 Å². The fraction of sp³-hybridized carbons (Fsp3) is 0.500. The number of carbonyl (C=O) groups is 2. The smallest absolute Gasteiger partial charge is 0.289 e. The monoisotopic (exact) mass is 398 g/mol. The van der Waals surface area contributed by atoms with Crippen molar-refractivity contribution < 1.29 is 14.0 Å². The van der Waals surface area contributed by atoms with Gasteiger partial charge >= 0.3 is 0 Å². The molecule has 0 N–H and O–H groups in total. The summed E-state index contributed by atoms with van der Waals surface area (Å²) in [6.45, 7) is 9.07. The Morgan fingerprint density at radius 3 is 2.21 bits per heavy atom. The number of piperazine rings is 2. The molecule has 2 saturated heterocycles. The molecular weight excluding hydrogens is 372 g/mol. The lowest BCUT2D eigenvalue weighted by atomic mass is 10.2. The molecule has 0 atom stereocenters. The van der Waals surface area contributed by atoms with Gasteiger partial charge in [0.2, 0.25) is 11.9 Å². The van der Waals surface area contributed by atoms with Crippen molar-refractivity contribution in [3.05, 3.63) is 35.9 Å². The zero-order valence-electron chi connectivity index (χ0n) is 16.9. The molecule has 2 aliphatic heterocycles. The molecule has 0 spiro atoms. The summed E-state index contributed by atoms with van der Waals surface area (Å²) in [5, 5.41) is 0. The molecule has 0 unspecified atom stereocenters. The highest BCUT2D eigenvalue weighted by atomic mass is 16.3. The minimum absolute atomic E-state index is 0.0717. The van der Waals surface area contributed by atoms with Gasteiger partial charge in [-0.25, -0.2) is 4.98 Å². The van der Waals surface area contributed by atoms with E-state index in [1.54, 1.807) is 19.1 Å². The zero-order chi connectivity index (χ0) is 20.4. The Morgan fingerprint density at radius 2 is 1.59 bits per heavy atom. The topological polar surface area (TPSA) is 86.0 Å². The molecule has 4 heterocycles. The van der Waals surface area contributed by atoms with Crippen molar-refractivity contribution in [1.29, 1.82) is 0 Å². The van der Waals surface area contributed by atoms with E-state index in [2.05, 4.69) is 14.8 Å². The van der Waals surface area contributed by atoms with Gasteiger partial charge in [-0.2, -0.15) is 4.98 Å². The molecule has 0 aromatic carbocycles. The molecule has 4 rings (SSSR count). The minimum Gasteiger partial charge on any atom is -0.459 e. The van der Waals surface area contributed by atoms with E-state index >= 15 is 0 Å². The van der Waals surface area contributed by atoms with Crippen LogP contribution in [0.3, 0.4) is 0 Å². The molecule has 2 aromatic rings. The van der Waals surface area contributed by atoms with Crippen LogP contribution in [0.25, 0.3) is 0 Å². The van der Waals surface area contributed by atoms with Gasteiger partial charge in [0.1, 0.15) is 5.82 Å². The van der Waals surface area contributed by atoms with Gasteiger partial charge in [-0.15, -0.1) is 0 Å². The number of hydrogen-bond acceptors (Lipinski definition) is 7. The first-order valence-corrected chi connectivity index (χ1v) is 9.95. The van der Waals surface area contributed by atoms with Gasteiger partial charge < -0.3 is 24.0 Å². The third kappa shape index (κ3) is 4.18. The SMILES string of the molecule is CC(=O)N1CCN(c2nc(C)cc(N3CCN(C(=O)c4ccco4)CC3)n2)CC1. The molecule has 0 bridgehead atoms. The average molecular weight is 398 g/mol. The molecular formula is C20H26N6O3. The molecule has 0 radical (unpaired) electrons. The Kier molecular flexibility index (Phi) is 5.37. The van der Waals surface area contributed by atoms with Gasteiger partial charge in [0.15, 0.2) is 5.76 Å². The lowest BCUT2D eigenvalue weighted by molar-refractivity contribution is -0.129. The molecule has 2 fully saturated rings. The number of nitrogens with zero attached hydrogens (tertiary/aromatic N) is 6. The predicted molar refractivity (Wildman–Crippen MR) is 108 cm³/mol. The lowest BCUT2D eigenvalue weighted by Gasteiger charge is -2.36. The number of anilines is 2. The van der Waals surface area contributed by atoms with E-state index in [4.69, 9.17) is 9.40 Å². The van der Waals surface area contributed by atoms with Crippen LogP contribution in [0, 0.1) is 6.92 Å². The van der Waals surface area contributed by atoms with Gasteiger partial charge in [-0.1, -0.05) is 0 Å². The Hall–Kier alpha value is -3.10. The van der Waals surface area contributed by atoms with Crippen LogP contribution < -0.4 is 9.80 Å². The number of carbonyl (C=O) groups excluding carboxylic acids is 2. The van der Waals surface area contributed by atoms with E-state index in [1.165, 1.54) is 6.26 Å². The average Bonchev–Trinajstić information content (AvgIpc) is 3.28. The fourth-order valence-corrected chi connectivity index (χ4v) is 3.76. The largest absolute Gasteiger partial charge is 0.459 e. The summed E-state index contributed by atoms with van der Waals surface area (Å²) in [6, 6.07) is 5.41. The molecule has 2 aliphatic rings. The van der Waals surface area contributed by atoms with Crippen LogP contribution >= 0.6 is 0 Å². The summed E-state index contributed by atoms with van der Waals surface area (Å²) in [5.41, 5.74) is 0.910. The molecule has 154 valence electrons. The number of amides is 2. The van der Waals surface area contributed by atoms with Crippen molar-refractivity contribution in [1.82, 2.24) is 19.8 Å². The van der Waals surface area contributed by atoms with Crippen LogP contribution in [-0.2, 0) is 4.79 Å². The van der Waals surface area contributed by atoms with E-state index in [0.717, 1.165) is 24.6 Å². The Bertz CT molecular complexity index is 868. The van der Waals surface area contributed by atoms with Crippen LogP contribution in [-0.4, -0.2) is 83.9 Å². The van der Waals surface area contributed by atoms with Gasteiger partial charge in [0, 0.05) is 71.0 Å². The first-order chi connectivity index (χ1) is 14.0. The highest BCUT2D eigenvalue weighted by Crippen LogP contribution is 2.21. The summed E-state index contributed by atoms with van der Waals surface area (Å²) in [4.78, 5) is 41.4. The summed E-state index contributed by atoms with van der Waals surface area (Å²) >= 11 is 0. The maximum Gasteiger partial charge on any atom is 0.289 e. The normalized spacial score (nSPS) is 17.6. The Labute approximate surface area is 169 Å². The van der Waals surface area contributed by atoms with E-state index in [0.29, 0.717) is 51.0 Å². The van der Waals surface area contributed by atoms with Crippen molar-refractivity contribution in [2.45, 2.75) is 13.8 Å². The Balaban J connectivity index is 1.41. The fourth-order valence-electron chi connectivity index (χ4n) is 3.76. The van der Waals surface area contributed by atoms with E-state index < -0.39 is 0 Å². The van der Waals surface area contributed by atoms with Crippen molar-refractivity contribution in [2.24, 2.45) is 0 Å². The van der Waals surface area contributed by atoms with Gasteiger partial charge in [0.25, 0.3) is 5.91 Å². The molecule has 2 amide bonds. The second-order valence-corrected chi connectivity index (χ2v) is 7.42. The second kappa shape index (κ2) is 8.10. The first kappa shape index (κ1) is 19.2. The highest BCUT2D eigenvalue weighted by Gasteiger charge is 2.26. The summed E-state index contributed by atoms with van der Waals surface area (Å²) < 4.78 is 5.23. The van der Waals surface area contributed by atoms with Crippen LogP contribution in [0.2, 0.25) is 0 Å². The Morgan fingerprint density at radius 1 is 0.931 bits per heavy atom. The summed E-state index contributed by atoms with van der Waals surface area (Å²) in [6.07, 6.45) is 1.52. The minimum atomic E-state index is -0.0717. The molecule has 9 heteroatoms. The van der Waals surface area contributed by atoms with Crippen LogP contribution in [0.5, 0.6) is 0 Å². The van der Waals surface area contributed by atoms with Gasteiger partial charge in [-0.05, 0) is 19.1 Å². The lowest BCUT2D eigenvalue weighted by Crippen LogP contribution is -2.50. The summed E-state index contributed by atoms with van der Waals surface area (Å²) in [5.74, 6) is 2.00. The standard InChI is InChI=1S/C20H26N6O3/c1-15-14-18(22-20(21-15)26-11-5-23(6-12-26)16(2)27)24-7-9-25(10-8-24)19(28)17-4-3-13-29-17/h3-4,13-14H,5-12H2,1-2H3. The zero-order valence-corrected chi connectivity index (χ0v) is 16.9. The molecule has 0 saturated carbocycles. The molecule has 0 aliphatic carbocycles. The third-order valence-electron chi connectivity index (χ3n) is 5.46. The summed E-state index contributed by atoms with van der Waals surface area (Å²) in [7, 11) is 0. The molecule has 2 aromatic heterocycles. The molecule has 29 heavy (non-hydrogen) atoms. The number of furan rings is 1. The van der Waals surface area contributed by atoms with Gasteiger partial charge in [-0.3, -0.25) is 9.59 Å². The van der Waals surface area contributed by atoms with Crippen molar-refractivity contribution in [3.8, 4) is 0 Å². The van der Waals surface area contributed by atoms with Crippen molar-refractivity contribution >= 4 is 23.6 Å². The maximum absolute atomic E-state index is 12.4. The first-order valence-electron chi connectivity index (χ1n) is 9.95. The van der Waals surface area contributed by atoms with E-state index in [9.17, 15) is 9.59 Å². The van der Waals surface area contributed by atoms with Gasteiger partial charge in [0.05, 0.1) is 6.26 Å². The van der Waals surface area contributed by atoms with Crippen LogP contribution in [0.15, 0.2) is 28.9 Å². The third-order valence-corrected chi connectivity index (χ3v) is 5.46. The molecule has 9 nitrogen and oxygen atoms in total. The highest BCUT2D eigenvalue weighted by molar-refractivity contribution is 5.91. The van der Waals surface area contributed by atoms with Crippen molar-refractivity contribution in [3.63, 3.8) is 0 Å². The van der Waals surface area contributed by atoms with E-state index in [1.807, 2.05) is 22.8 Å². The maximum atomic E-state index is 12.4. The number of aromatic nitrogens is 2. The number of rotatable bonds is 3. The van der Waals surface area contributed by atoms with Crippen molar-refractivity contribution in [2.75, 3.05) is 62.2 Å². The van der Waals surface area contributed by atoms with Crippen LogP contribution in [0.1, 0.15) is 23.2 Å². The predicted octanol–water partition coefficient (Wildman–Crippen LogP) is 1.01.